The number of rotatable bonds is 4. The normalized spacial score (nSPS) is 14.5. The maximum Gasteiger partial charge on any atom is 0.225 e. The Kier molecular flexibility index (Phi) is 4.04. The van der Waals surface area contributed by atoms with Gasteiger partial charge in [-0.2, -0.15) is 4.98 Å². The van der Waals surface area contributed by atoms with Crippen molar-refractivity contribution in [3.63, 3.8) is 0 Å². The van der Waals surface area contributed by atoms with Gasteiger partial charge in [-0.15, -0.1) is 0 Å². The van der Waals surface area contributed by atoms with Crippen LogP contribution in [0, 0.1) is 13.8 Å². The molecule has 0 spiro atoms. The minimum Gasteiger partial charge on any atom is -0.356 e. The third-order valence-electron chi connectivity index (χ3n) is 3.84. The molecule has 0 aliphatic carbocycles. The van der Waals surface area contributed by atoms with Gasteiger partial charge in [0.15, 0.2) is 0 Å². The molecule has 2 heterocycles. The molecule has 1 saturated heterocycles. The molecule has 1 N–H and O–H groups in total. The van der Waals surface area contributed by atoms with Gasteiger partial charge in [0.2, 0.25) is 5.95 Å². The van der Waals surface area contributed by atoms with Gasteiger partial charge < -0.3 is 10.2 Å². The third-order valence-corrected chi connectivity index (χ3v) is 3.84. The standard InChI is InChI=1S/C17H22N4/c1-13-5-7-15(8-6-13)12-18-17-19-14(2)11-16(20-17)21-9-3-4-10-21/h5-8,11H,3-4,9-10,12H2,1-2H3,(H,18,19,20). The van der Waals surface area contributed by atoms with Crippen LogP contribution in [-0.4, -0.2) is 23.1 Å². The zero-order valence-electron chi connectivity index (χ0n) is 12.8. The molecule has 1 aromatic carbocycles. The summed E-state index contributed by atoms with van der Waals surface area (Å²) in [6, 6.07) is 10.6. The van der Waals surface area contributed by atoms with Gasteiger partial charge in [0.25, 0.3) is 0 Å². The number of nitrogens with one attached hydrogen (secondary N) is 1. The summed E-state index contributed by atoms with van der Waals surface area (Å²) in [5, 5.41) is 3.34. The van der Waals surface area contributed by atoms with Gasteiger partial charge in [0, 0.05) is 31.4 Å². The largest absolute Gasteiger partial charge is 0.356 e. The molecule has 0 saturated carbocycles. The van der Waals surface area contributed by atoms with Crippen LogP contribution in [0.25, 0.3) is 0 Å². The van der Waals surface area contributed by atoms with Crippen LogP contribution in [0.4, 0.5) is 11.8 Å². The lowest BCUT2D eigenvalue weighted by Gasteiger charge is -2.17. The van der Waals surface area contributed by atoms with Crippen molar-refractivity contribution in [2.24, 2.45) is 0 Å². The van der Waals surface area contributed by atoms with Crippen LogP contribution in [0.3, 0.4) is 0 Å². The minimum atomic E-state index is 0.720. The van der Waals surface area contributed by atoms with Crippen LogP contribution in [0.2, 0.25) is 0 Å². The molecule has 0 radical (unpaired) electrons. The van der Waals surface area contributed by atoms with Gasteiger partial charge in [-0.3, -0.25) is 0 Å². The van der Waals surface area contributed by atoms with Crippen molar-refractivity contribution in [3.8, 4) is 0 Å². The van der Waals surface area contributed by atoms with E-state index >= 15 is 0 Å². The molecule has 21 heavy (non-hydrogen) atoms. The monoisotopic (exact) mass is 282 g/mol. The van der Waals surface area contributed by atoms with Gasteiger partial charge in [0.05, 0.1) is 0 Å². The Morgan fingerprint density at radius 3 is 2.48 bits per heavy atom. The number of benzene rings is 1. The first-order chi connectivity index (χ1) is 10.2. The Bertz CT molecular complexity index is 601. The second-order valence-electron chi connectivity index (χ2n) is 5.72. The number of hydrogen-bond acceptors (Lipinski definition) is 4. The number of aromatic nitrogens is 2. The third kappa shape index (κ3) is 3.51. The Morgan fingerprint density at radius 2 is 1.76 bits per heavy atom. The fourth-order valence-electron chi connectivity index (χ4n) is 2.63. The molecular formula is C17H22N4. The summed E-state index contributed by atoms with van der Waals surface area (Å²) in [6.07, 6.45) is 2.52. The molecule has 4 nitrogen and oxygen atoms in total. The van der Waals surface area contributed by atoms with Crippen LogP contribution in [0.15, 0.2) is 30.3 Å². The molecule has 0 bridgehead atoms. The molecule has 1 fully saturated rings. The van der Waals surface area contributed by atoms with Gasteiger partial charge >= 0.3 is 0 Å². The lowest BCUT2D eigenvalue weighted by molar-refractivity contribution is 0.915. The Hall–Kier alpha value is -2.10. The van der Waals surface area contributed by atoms with E-state index in [1.165, 1.54) is 24.0 Å². The van der Waals surface area contributed by atoms with E-state index in [2.05, 4.69) is 57.4 Å². The maximum absolute atomic E-state index is 4.65. The van der Waals surface area contributed by atoms with E-state index in [1.54, 1.807) is 0 Å². The summed E-state index contributed by atoms with van der Waals surface area (Å²) in [5.74, 6) is 1.77. The summed E-state index contributed by atoms with van der Waals surface area (Å²) in [6.45, 7) is 7.09. The second-order valence-corrected chi connectivity index (χ2v) is 5.72. The Labute approximate surface area is 126 Å². The molecule has 3 rings (SSSR count). The molecule has 1 aliphatic heterocycles. The fourth-order valence-corrected chi connectivity index (χ4v) is 2.63. The van der Waals surface area contributed by atoms with Crippen LogP contribution >= 0.6 is 0 Å². The first-order valence-electron chi connectivity index (χ1n) is 7.61. The highest BCUT2D eigenvalue weighted by Crippen LogP contribution is 2.20. The topological polar surface area (TPSA) is 41.1 Å². The van der Waals surface area contributed by atoms with Crippen molar-refractivity contribution in [1.29, 1.82) is 0 Å². The molecule has 1 aromatic heterocycles. The molecule has 0 unspecified atom stereocenters. The summed E-state index contributed by atoms with van der Waals surface area (Å²) in [4.78, 5) is 11.5. The predicted octanol–water partition coefficient (Wildman–Crippen LogP) is 3.31. The Balaban J connectivity index is 1.71. The maximum atomic E-state index is 4.65. The van der Waals surface area contributed by atoms with E-state index in [-0.39, 0.29) is 0 Å². The van der Waals surface area contributed by atoms with Crippen molar-refractivity contribution in [1.82, 2.24) is 9.97 Å². The molecule has 0 atom stereocenters. The predicted molar refractivity (Wildman–Crippen MR) is 86.7 cm³/mol. The lowest BCUT2D eigenvalue weighted by Crippen LogP contribution is -2.20. The molecule has 4 heteroatoms. The quantitative estimate of drug-likeness (QED) is 0.934. The van der Waals surface area contributed by atoms with Crippen molar-refractivity contribution < 1.29 is 0 Å². The number of anilines is 2. The van der Waals surface area contributed by atoms with Crippen molar-refractivity contribution in [3.05, 3.63) is 47.2 Å². The molecule has 1 aliphatic rings. The molecule has 2 aromatic rings. The van der Waals surface area contributed by atoms with Crippen molar-refractivity contribution in [2.75, 3.05) is 23.3 Å². The van der Waals surface area contributed by atoms with E-state index in [0.717, 1.165) is 37.1 Å². The highest BCUT2D eigenvalue weighted by Gasteiger charge is 2.14. The highest BCUT2D eigenvalue weighted by atomic mass is 15.2. The fraction of sp³-hybridized carbons (Fsp3) is 0.412. The summed E-state index contributed by atoms with van der Waals surface area (Å²) in [7, 11) is 0. The minimum absolute atomic E-state index is 0.720. The number of aryl methyl sites for hydroxylation is 2. The van der Waals surface area contributed by atoms with E-state index in [1.807, 2.05) is 6.92 Å². The Morgan fingerprint density at radius 1 is 1.05 bits per heavy atom. The zero-order chi connectivity index (χ0) is 14.7. The smallest absolute Gasteiger partial charge is 0.225 e. The van der Waals surface area contributed by atoms with E-state index in [0.29, 0.717) is 0 Å². The SMILES string of the molecule is Cc1ccc(CNc2nc(C)cc(N3CCCC3)n2)cc1. The van der Waals surface area contributed by atoms with Gasteiger partial charge in [-0.1, -0.05) is 29.8 Å². The van der Waals surface area contributed by atoms with Crippen molar-refractivity contribution in [2.45, 2.75) is 33.2 Å². The highest BCUT2D eigenvalue weighted by molar-refractivity contribution is 5.45. The van der Waals surface area contributed by atoms with Crippen molar-refractivity contribution >= 4 is 11.8 Å². The van der Waals surface area contributed by atoms with E-state index in [4.69, 9.17) is 0 Å². The van der Waals surface area contributed by atoms with Crippen LogP contribution in [0.1, 0.15) is 29.7 Å². The van der Waals surface area contributed by atoms with Crippen LogP contribution in [-0.2, 0) is 6.54 Å². The average Bonchev–Trinajstić information content (AvgIpc) is 3.00. The summed E-state index contributed by atoms with van der Waals surface area (Å²) in [5.41, 5.74) is 3.54. The van der Waals surface area contributed by atoms with Gasteiger partial charge in [0.1, 0.15) is 5.82 Å². The average molecular weight is 282 g/mol. The summed E-state index contributed by atoms with van der Waals surface area (Å²) >= 11 is 0. The summed E-state index contributed by atoms with van der Waals surface area (Å²) < 4.78 is 0. The molecule has 0 amide bonds. The van der Waals surface area contributed by atoms with E-state index in [9.17, 15) is 0 Å². The first kappa shape index (κ1) is 13.9. The molecular weight excluding hydrogens is 260 g/mol. The lowest BCUT2D eigenvalue weighted by atomic mass is 10.1. The van der Waals surface area contributed by atoms with E-state index < -0.39 is 0 Å². The van der Waals surface area contributed by atoms with Crippen LogP contribution < -0.4 is 10.2 Å². The molecule has 110 valence electrons. The van der Waals surface area contributed by atoms with Crippen LogP contribution in [0.5, 0.6) is 0 Å². The second kappa shape index (κ2) is 6.12. The zero-order valence-corrected chi connectivity index (χ0v) is 12.8. The number of nitrogens with zero attached hydrogens (tertiary/aromatic N) is 3. The first-order valence-corrected chi connectivity index (χ1v) is 7.61. The number of hydrogen-bond donors (Lipinski definition) is 1. The van der Waals surface area contributed by atoms with Gasteiger partial charge in [-0.05, 0) is 32.3 Å². The van der Waals surface area contributed by atoms with Gasteiger partial charge in [-0.25, -0.2) is 4.98 Å².